The molecule has 0 radical (unpaired) electrons. The van der Waals surface area contributed by atoms with Crippen molar-refractivity contribution in [3.8, 4) is 0 Å². The van der Waals surface area contributed by atoms with E-state index >= 15 is 0 Å². The Morgan fingerprint density at radius 2 is 1.87 bits per heavy atom. The Morgan fingerprint density at radius 3 is 2.39 bits per heavy atom. The highest BCUT2D eigenvalue weighted by Crippen LogP contribution is 2.42. The number of rotatable bonds is 5. The molecule has 0 bridgehead atoms. The topological polar surface area (TPSA) is 71.2 Å². The average Bonchev–Trinajstić information content (AvgIpc) is 2.83. The van der Waals surface area contributed by atoms with Crippen molar-refractivity contribution in [2.45, 2.75) is 39.0 Å². The first-order valence-corrected chi connectivity index (χ1v) is 7.04. The summed E-state index contributed by atoms with van der Waals surface area (Å²) in [4.78, 5) is 8.17. The van der Waals surface area contributed by atoms with Crippen LogP contribution in [0.4, 0.5) is 19.0 Å². The molecule has 2 aromatic heterocycles. The molecular formula is C15H18F3N3O2. The number of anilines is 1. The fraction of sp³-hybridized carbons (Fsp3) is 0.467. The zero-order chi connectivity index (χ0) is 17.3. The number of hydrogen-bond donors (Lipinski definition) is 2. The van der Waals surface area contributed by atoms with Crippen molar-refractivity contribution in [2.24, 2.45) is 0 Å². The van der Waals surface area contributed by atoms with Gasteiger partial charge in [0.1, 0.15) is 23.2 Å². The third-order valence-corrected chi connectivity index (χ3v) is 3.38. The molecule has 1 atom stereocenters. The van der Waals surface area contributed by atoms with Crippen molar-refractivity contribution >= 4 is 5.82 Å². The van der Waals surface area contributed by atoms with Gasteiger partial charge >= 0.3 is 6.18 Å². The quantitative estimate of drug-likeness (QED) is 0.881. The molecule has 0 aromatic carbocycles. The Labute approximate surface area is 131 Å². The van der Waals surface area contributed by atoms with E-state index in [4.69, 9.17) is 4.42 Å². The third-order valence-electron chi connectivity index (χ3n) is 3.38. The number of aromatic nitrogens is 2. The Morgan fingerprint density at radius 1 is 1.17 bits per heavy atom. The van der Waals surface area contributed by atoms with E-state index in [-0.39, 0.29) is 6.54 Å². The molecule has 2 heterocycles. The molecule has 2 rings (SSSR count). The Bertz CT molecular complexity index is 665. The van der Waals surface area contributed by atoms with Crippen molar-refractivity contribution in [1.82, 2.24) is 9.97 Å². The van der Waals surface area contributed by atoms with Crippen molar-refractivity contribution < 1.29 is 22.7 Å². The summed E-state index contributed by atoms with van der Waals surface area (Å²) in [5, 5.41) is 12.9. The molecule has 0 amide bonds. The Kier molecular flexibility index (Phi) is 4.65. The van der Waals surface area contributed by atoms with Gasteiger partial charge in [-0.3, -0.25) is 0 Å². The molecule has 0 fully saturated rings. The maximum atomic E-state index is 13.3. The normalized spacial score (nSPS) is 14.6. The molecule has 23 heavy (non-hydrogen) atoms. The number of halogens is 3. The van der Waals surface area contributed by atoms with Gasteiger partial charge in [0.15, 0.2) is 0 Å². The molecule has 0 aliphatic carbocycles. The number of hydrogen-bond acceptors (Lipinski definition) is 5. The standard InChI is InChI=1S/C15H18F3N3O2/c1-9-8-13(21-11(3)20-9)19-7-6-14(22,15(16,17)18)12-5-4-10(2)23-12/h4-5,8,22H,6-7H2,1-3H3,(H,19,20,21)/t14-/m0/s1. The number of furan rings is 1. The predicted molar refractivity (Wildman–Crippen MR) is 78.0 cm³/mol. The van der Waals surface area contributed by atoms with E-state index in [1.54, 1.807) is 19.9 Å². The van der Waals surface area contributed by atoms with Crippen molar-refractivity contribution in [3.63, 3.8) is 0 Å². The summed E-state index contributed by atoms with van der Waals surface area (Å²) < 4.78 is 44.9. The zero-order valence-corrected chi connectivity index (χ0v) is 13.0. The first-order chi connectivity index (χ1) is 10.6. The van der Waals surface area contributed by atoms with Gasteiger partial charge < -0.3 is 14.8 Å². The maximum Gasteiger partial charge on any atom is 0.424 e. The SMILES string of the molecule is Cc1cc(NCC[C@](O)(c2ccc(C)o2)C(F)(F)F)nc(C)n1. The molecule has 126 valence electrons. The molecule has 0 aliphatic heterocycles. The lowest BCUT2D eigenvalue weighted by atomic mass is 9.95. The van der Waals surface area contributed by atoms with Gasteiger partial charge in [0.05, 0.1) is 0 Å². The number of alkyl halides is 3. The van der Waals surface area contributed by atoms with Gasteiger partial charge in [-0.15, -0.1) is 0 Å². The largest absolute Gasteiger partial charge is 0.463 e. The van der Waals surface area contributed by atoms with Crippen LogP contribution in [0, 0.1) is 20.8 Å². The highest BCUT2D eigenvalue weighted by atomic mass is 19.4. The molecule has 0 saturated heterocycles. The second-order valence-corrected chi connectivity index (χ2v) is 5.39. The first kappa shape index (κ1) is 17.3. The van der Waals surface area contributed by atoms with E-state index in [2.05, 4.69) is 15.3 Å². The van der Waals surface area contributed by atoms with E-state index in [1.165, 1.54) is 13.0 Å². The molecule has 0 unspecified atom stereocenters. The molecule has 8 heteroatoms. The van der Waals surface area contributed by atoms with Crippen molar-refractivity contribution in [3.05, 3.63) is 41.2 Å². The minimum absolute atomic E-state index is 0.133. The molecule has 5 nitrogen and oxygen atoms in total. The van der Waals surface area contributed by atoms with Gasteiger partial charge in [-0.25, -0.2) is 9.97 Å². The van der Waals surface area contributed by atoms with Crippen LogP contribution in [0.25, 0.3) is 0 Å². The zero-order valence-electron chi connectivity index (χ0n) is 13.0. The monoisotopic (exact) mass is 329 g/mol. The summed E-state index contributed by atoms with van der Waals surface area (Å²) in [7, 11) is 0. The van der Waals surface area contributed by atoms with Crippen LogP contribution in [-0.4, -0.2) is 27.8 Å². The van der Waals surface area contributed by atoms with Crippen LogP contribution in [0.5, 0.6) is 0 Å². The fourth-order valence-corrected chi connectivity index (χ4v) is 2.24. The van der Waals surface area contributed by atoms with E-state index in [0.29, 0.717) is 23.1 Å². The van der Waals surface area contributed by atoms with Crippen LogP contribution in [0.1, 0.15) is 29.5 Å². The number of nitrogens with one attached hydrogen (secondary N) is 1. The molecule has 2 N–H and O–H groups in total. The number of aryl methyl sites for hydroxylation is 3. The van der Waals surface area contributed by atoms with E-state index in [9.17, 15) is 18.3 Å². The van der Waals surface area contributed by atoms with Crippen LogP contribution in [-0.2, 0) is 5.60 Å². The van der Waals surface area contributed by atoms with Crippen molar-refractivity contribution in [2.75, 3.05) is 11.9 Å². The number of aliphatic hydroxyl groups is 1. The molecule has 0 spiro atoms. The van der Waals surface area contributed by atoms with Crippen LogP contribution >= 0.6 is 0 Å². The summed E-state index contributed by atoms with van der Waals surface area (Å²) in [6.07, 6.45) is -5.46. The summed E-state index contributed by atoms with van der Waals surface area (Å²) >= 11 is 0. The van der Waals surface area contributed by atoms with Crippen LogP contribution < -0.4 is 5.32 Å². The molecular weight excluding hydrogens is 311 g/mol. The summed E-state index contributed by atoms with van der Waals surface area (Å²) in [5.41, 5.74) is -2.35. The van der Waals surface area contributed by atoms with Gasteiger partial charge in [0.25, 0.3) is 0 Å². The van der Waals surface area contributed by atoms with Crippen molar-refractivity contribution in [1.29, 1.82) is 0 Å². The van der Waals surface area contributed by atoms with Crippen LogP contribution in [0.3, 0.4) is 0 Å². The van der Waals surface area contributed by atoms with Crippen LogP contribution in [0.2, 0.25) is 0 Å². The lowest BCUT2D eigenvalue weighted by Gasteiger charge is -2.28. The smallest absolute Gasteiger partial charge is 0.424 e. The highest BCUT2D eigenvalue weighted by Gasteiger charge is 2.56. The minimum atomic E-state index is -4.85. The predicted octanol–water partition coefficient (Wildman–Crippen LogP) is 3.25. The second kappa shape index (κ2) is 6.19. The van der Waals surface area contributed by atoms with E-state index in [1.807, 2.05) is 0 Å². The lowest BCUT2D eigenvalue weighted by Crippen LogP contribution is -2.43. The van der Waals surface area contributed by atoms with Gasteiger partial charge in [-0.1, -0.05) is 0 Å². The minimum Gasteiger partial charge on any atom is -0.463 e. The van der Waals surface area contributed by atoms with E-state index < -0.39 is 24.0 Å². The van der Waals surface area contributed by atoms with Gasteiger partial charge in [0.2, 0.25) is 5.60 Å². The summed E-state index contributed by atoms with van der Waals surface area (Å²) in [6, 6.07) is 4.15. The highest BCUT2D eigenvalue weighted by molar-refractivity contribution is 5.35. The van der Waals surface area contributed by atoms with Gasteiger partial charge in [-0.05, 0) is 32.9 Å². The molecule has 0 aliphatic rings. The second-order valence-electron chi connectivity index (χ2n) is 5.39. The maximum absolute atomic E-state index is 13.3. The fourth-order valence-electron chi connectivity index (χ4n) is 2.24. The third kappa shape index (κ3) is 3.82. The number of nitrogens with zero attached hydrogens (tertiary/aromatic N) is 2. The Balaban J connectivity index is 2.13. The van der Waals surface area contributed by atoms with E-state index in [0.717, 1.165) is 6.07 Å². The van der Waals surface area contributed by atoms with Gasteiger partial charge in [0, 0.05) is 24.7 Å². The first-order valence-electron chi connectivity index (χ1n) is 7.04. The molecule has 0 saturated carbocycles. The average molecular weight is 329 g/mol. The molecule has 2 aromatic rings. The van der Waals surface area contributed by atoms with Crippen LogP contribution in [0.15, 0.2) is 22.6 Å². The van der Waals surface area contributed by atoms with Gasteiger partial charge in [-0.2, -0.15) is 13.2 Å². The lowest BCUT2D eigenvalue weighted by molar-refractivity contribution is -0.274. The summed E-state index contributed by atoms with van der Waals surface area (Å²) in [5.74, 6) is 0.715. The Hall–Kier alpha value is -2.09. The summed E-state index contributed by atoms with van der Waals surface area (Å²) in [6.45, 7) is 4.84.